The number of azo groups is 2. The molecule has 31 heavy (non-hydrogen) atoms. The molecule has 0 aliphatic rings. The van der Waals surface area contributed by atoms with Crippen LogP contribution in [0.2, 0.25) is 0 Å². The molecular formula is C18H12N6O6S. The van der Waals surface area contributed by atoms with Gasteiger partial charge in [0.25, 0.3) is 5.69 Å². The second kappa shape index (κ2) is 8.69. The first kappa shape index (κ1) is 21.5. The van der Waals surface area contributed by atoms with Crippen LogP contribution in [0.3, 0.4) is 0 Å². The molecule has 3 aromatic carbocycles. The Labute approximate surface area is 175 Å². The van der Waals surface area contributed by atoms with Crippen molar-refractivity contribution in [2.24, 2.45) is 20.5 Å². The molecule has 0 heterocycles. The molecule has 0 unspecified atom stereocenters. The Kier molecular flexibility index (Phi) is 6.04. The maximum absolute atomic E-state index is 11.8. The Bertz CT molecular complexity index is 1330. The van der Waals surface area contributed by atoms with Crippen LogP contribution in [-0.2, 0) is 14.7 Å². The van der Waals surface area contributed by atoms with Crippen molar-refractivity contribution in [1.82, 2.24) is 0 Å². The highest BCUT2D eigenvalue weighted by Gasteiger charge is 2.32. The Morgan fingerprint density at radius 2 is 1.71 bits per heavy atom. The number of fused-ring (bicyclic) bond motifs is 1. The predicted octanol–water partition coefficient (Wildman–Crippen LogP) is 5.21. The molecule has 0 saturated heterocycles. The third kappa shape index (κ3) is 4.88. The van der Waals surface area contributed by atoms with Crippen LogP contribution in [0, 0.1) is 10.1 Å². The quantitative estimate of drug-likeness (QED) is 0.155. The van der Waals surface area contributed by atoms with Crippen LogP contribution in [0.15, 0.2) is 85.8 Å². The van der Waals surface area contributed by atoms with E-state index in [1.54, 1.807) is 36.2 Å². The van der Waals surface area contributed by atoms with Gasteiger partial charge in [-0.3, -0.25) is 10.1 Å². The summed E-state index contributed by atoms with van der Waals surface area (Å²) in [4.78, 5) is 9.68. The number of phenolic OH excluding ortho intramolecular Hbond substituents is 1. The van der Waals surface area contributed by atoms with Crippen LogP contribution >= 0.6 is 0 Å². The van der Waals surface area contributed by atoms with E-state index < -0.39 is 37.6 Å². The Morgan fingerprint density at radius 1 is 1.03 bits per heavy atom. The van der Waals surface area contributed by atoms with Crippen molar-refractivity contribution in [2.45, 2.75) is 4.90 Å². The first-order chi connectivity index (χ1) is 14.7. The normalized spacial score (nSPS) is 11.8. The van der Waals surface area contributed by atoms with Crippen molar-refractivity contribution >= 4 is 44.2 Å². The number of nitro groups is 1. The fourth-order valence-electron chi connectivity index (χ4n) is 2.55. The standard InChI is InChI=1S/C18H12N6O6S/c19-10-17(21-20-11-4-2-1-3-5-11)22-23-18-13-7-6-12(24(26)27)8-14(13)16(9-15(18)25)31(28,29)30/h1-9,25H,(H2,28,29,30). The molecule has 12 nitrogen and oxygen atoms in total. The van der Waals surface area contributed by atoms with Gasteiger partial charge in [0.1, 0.15) is 11.4 Å². The van der Waals surface area contributed by atoms with Crippen LogP contribution < -0.4 is 0 Å². The van der Waals surface area contributed by atoms with Gasteiger partial charge < -0.3 is 10.5 Å². The summed E-state index contributed by atoms with van der Waals surface area (Å²) in [5, 5.41) is 45.1. The molecule has 0 amide bonds. The van der Waals surface area contributed by atoms with Crippen molar-refractivity contribution < 1.29 is 23.3 Å². The van der Waals surface area contributed by atoms with E-state index in [4.69, 9.17) is 0 Å². The summed E-state index contributed by atoms with van der Waals surface area (Å²) in [6.07, 6.45) is 0. The fraction of sp³-hybridized carbons (Fsp3) is 0. The molecule has 156 valence electrons. The molecule has 0 aliphatic carbocycles. The van der Waals surface area contributed by atoms with E-state index in [-0.39, 0.29) is 16.5 Å². The minimum Gasteiger partial charge on any atom is -0.760 e. The van der Waals surface area contributed by atoms with Crippen LogP contribution in [-0.4, -0.2) is 25.0 Å². The van der Waals surface area contributed by atoms with Gasteiger partial charge in [0, 0.05) is 23.6 Å². The first-order valence-corrected chi connectivity index (χ1v) is 9.76. The van der Waals surface area contributed by atoms with Crippen molar-refractivity contribution in [2.75, 3.05) is 0 Å². The lowest BCUT2D eigenvalue weighted by molar-refractivity contribution is -0.384. The maximum Gasteiger partial charge on any atom is 0.387 e. The number of non-ortho nitro benzene ring substituents is 1. The molecule has 0 spiro atoms. The molecule has 3 rings (SSSR count). The summed E-state index contributed by atoms with van der Waals surface area (Å²) < 4.78 is 30.9. The summed E-state index contributed by atoms with van der Waals surface area (Å²) in [7, 11) is -4.58. The zero-order chi connectivity index (χ0) is 22.6. The van der Waals surface area contributed by atoms with Crippen molar-refractivity contribution in [3.63, 3.8) is 0 Å². The Hall–Kier alpha value is -4.16. The van der Waals surface area contributed by atoms with E-state index in [9.17, 15) is 33.9 Å². The van der Waals surface area contributed by atoms with Crippen molar-refractivity contribution in [3.8, 4) is 5.75 Å². The molecule has 0 saturated carbocycles. The van der Waals surface area contributed by atoms with E-state index in [1.807, 2.05) is 0 Å². The molecule has 0 aliphatic heterocycles. The molecule has 0 fully saturated rings. The lowest BCUT2D eigenvalue weighted by Crippen LogP contribution is -2.08. The zero-order valence-electron chi connectivity index (χ0n) is 15.4. The van der Waals surface area contributed by atoms with Gasteiger partial charge in [-0.05, 0) is 22.4 Å². The average molecular weight is 440 g/mol. The highest BCUT2D eigenvalue weighted by atomic mass is 32.3. The number of rotatable bonds is 6. The van der Waals surface area contributed by atoms with E-state index >= 15 is 0 Å². The van der Waals surface area contributed by atoms with Crippen LogP contribution in [0.4, 0.5) is 17.1 Å². The number of nitrogens with zero attached hydrogens (tertiary/aromatic N) is 6. The topological polar surface area (TPSA) is 193 Å². The van der Waals surface area contributed by atoms with Gasteiger partial charge in [-0.25, -0.2) is 5.87 Å². The average Bonchev–Trinajstić information content (AvgIpc) is 2.74. The SMILES string of the molecule is [N-]=C=C(N=Nc1ccccc1)N=Nc1c(O)cc([S+](=O)(O)O)c2cc([N+](=O)[O-])ccc12. The van der Waals surface area contributed by atoms with E-state index in [2.05, 4.69) is 20.5 Å². The van der Waals surface area contributed by atoms with Gasteiger partial charge >= 0.3 is 10.5 Å². The second-order valence-corrected chi connectivity index (χ2v) is 7.33. The zero-order valence-corrected chi connectivity index (χ0v) is 16.2. The summed E-state index contributed by atoms with van der Waals surface area (Å²) in [5.41, 5.74) is -0.233. The third-order valence-electron chi connectivity index (χ3n) is 3.89. The van der Waals surface area contributed by atoms with Gasteiger partial charge in [0.2, 0.25) is 10.7 Å². The second-order valence-electron chi connectivity index (χ2n) is 5.90. The largest absolute Gasteiger partial charge is 0.760 e. The minimum atomic E-state index is -4.58. The fourth-order valence-corrected chi connectivity index (χ4v) is 3.27. The van der Waals surface area contributed by atoms with Crippen LogP contribution in [0.1, 0.15) is 0 Å². The lowest BCUT2D eigenvalue weighted by Gasteiger charge is -2.07. The van der Waals surface area contributed by atoms with Gasteiger partial charge in [0.15, 0.2) is 0 Å². The number of aromatic hydroxyl groups is 1. The molecule has 0 bridgehead atoms. The van der Waals surface area contributed by atoms with Crippen LogP contribution in [0.5, 0.6) is 5.75 Å². The first-order valence-electron chi connectivity index (χ1n) is 8.29. The number of hydrogen-bond donors (Lipinski definition) is 3. The Balaban J connectivity index is 2.10. The van der Waals surface area contributed by atoms with Crippen molar-refractivity contribution in [1.29, 1.82) is 0 Å². The maximum atomic E-state index is 11.8. The number of benzene rings is 3. The molecule has 3 N–H and O–H groups in total. The highest BCUT2D eigenvalue weighted by Crippen LogP contribution is 2.41. The van der Waals surface area contributed by atoms with E-state index in [0.717, 1.165) is 24.3 Å². The Morgan fingerprint density at radius 3 is 2.32 bits per heavy atom. The molecule has 0 atom stereocenters. The van der Waals surface area contributed by atoms with Crippen LogP contribution in [0.25, 0.3) is 16.2 Å². The van der Waals surface area contributed by atoms with Gasteiger partial charge in [-0.1, -0.05) is 18.2 Å². The van der Waals surface area contributed by atoms with Gasteiger partial charge in [0.05, 0.1) is 16.0 Å². The van der Waals surface area contributed by atoms with Crippen molar-refractivity contribution in [3.05, 3.63) is 75.9 Å². The van der Waals surface area contributed by atoms with Gasteiger partial charge in [-0.2, -0.15) is 9.11 Å². The van der Waals surface area contributed by atoms with E-state index in [1.165, 1.54) is 0 Å². The molecule has 0 radical (unpaired) electrons. The highest BCUT2D eigenvalue weighted by molar-refractivity contribution is 7.92. The lowest BCUT2D eigenvalue weighted by atomic mass is 10.1. The molecule has 3 aromatic rings. The minimum absolute atomic E-state index is 0.0301. The summed E-state index contributed by atoms with van der Waals surface area (Å²) in [6.45, 7) is 0. The molecule has 13 heteroatoms. The van der Waals surface area contributed by atoms with E-state index in [0.29, 0.717) is 5.69 Å². The summed E-state index contributed by atoms with van der Waals surface area (Å²) >= 11 is 0. The number of hydrogen-bond acceptors (Lipinski definition) is 8. The summed E-state index contributed by atoms with van der Waals surface area (Å²) in [5.74, 6) is 0.547. The monoisotopic (exact) mass is 440 g/mol. The predicted molar refractivity (Wildman–Crippen MR) is 111 cm³/mol. The summed E-state index contributed by atoms with van der Waals surface area (Å²) in [6, 6.07) is 12.4. The third-order valence-corrected chi connectivity index (χ3v) is 4.80. The molecular weight excluding hydrogens is 428 g/mol. The van der Waals surface area contributed by atoms with Gasteiger partial charge in [-0.15, -0.1) is 20.5 Å². The number of phenols is 1. The number of nitro benzene ring substituents is 1. The smallest absolute Gasteiger partial charge is 0.387 e. The molecule has 0 aromatic heterocycles.